The molecule has 1 aliphatic carbocycles. The third-order valence-electron chi connectivity index (χ3n) is 8.74. The lowest BCUT2D eigenvalue weighted by Gasteiger charge is -2.41. The fraction of sp³-hybridized carbons (Fsp3) is 0.400. The third kappa shape index (κ3) is 4.80. The summed E-state index contributed by atoms with van der Waals surface area (Å²) in [6.45, 7) is 10.2. The Kier molecular flexibility index (Phi) is 7.06. The first-order chi connectivity index (χ1) is 18.8. The highest BCUT2D eigenvalue weighted by Crippen LogP contribution is 2.63. The minimum absolute atomic E-state index is 0.121. The van der Waals surface area contributed by atoms with Crippen molar-refractivity contribution in [2.75, 3.05) is 0 Å². The van der Waals surface area contributed by atoms with Crippen LogP contribution in [0, 0.1) is 28.5 Å². The molecule has 0 aromatic heterocycles. The Labute approximate surface area is 236 Å². The van der Waals surface area contributed by atoms with Crippen LogP contribution >= 0.6 is 0 Å². The number of carbonyl (C=O) groups is 3. The van der Waals surface area contributed by atoms with E-state index < -0.39 is 28.6 Å². The number of amides is 2. The Hall–Kier alpha value is -3.60. The monoisotopic (exact) mass is 539 g/mol. The topological polar surface area (TPSA) is 54.5 Å². The van der Waals surface area contributed by atoms with Crippen molar-refractivity contribution in [1.82, 2.24) is 4.90 Å². The Morgan fingerprint density at radius 1 is 0.875 bits per heavy atom. The predicted octanol–water partition coefficient (Wildman–Crippen LogP) is 7.24. The number of fused-ring (bicyclic) bond motifs is 1. The number of imide groups is 1. The lowest BCUT2D eigenvalue weighted by atomic mass is 9.65. The summed E-state index contributed by atoms with van der Waals surface area (Å²) < 4.78 is 13.9. The van der Waals surface area contributed by atoms with Crippen LogP contribution in [-0.2, 0) is 16.0 Å². The molecule has 1 saturated heterocycles. The van der Waals surface area contributed by atoms with Gasteiger partial charge in [0.1, 0.15) is 5.82 Å². The number of likely N-dealkylation sites (tertiary alicyclic amines) is 1. The highest BCUT2D eigenvalue weighted by molar-refractivity contribution is 6.13. The Bertz CT molecular complexity index is 1410. The van der Waals surface area contributed by atoms with E-state index in [0.717, 1.165) is 11.1 Å². The zero-order valence-corrected chi connectivity index (χ0v) is 24.0. The Morgan fingerprint density at radius 3 is 2.02 bits per heavy atom. The van der Waals surface area contributed by atoms with Crippen LogP contribution in [0.3, 0.4) is 0 Å². The minimum atomic E-state index is -1.25. The van der Waals surface area contributed by atoms with Crippen molar-refractivity contribution in [1.29, 1.82) is 0 Å². The van der Waals surface area contributed by atoms with Crippen LogP contribution in [0.4, 0.5) is 4.39 Å². The number of carbonyl (C=O) groups excluding carboxylic acids is 3. The first kappa shape index (κ1) is 27.9. The van der Waals surface area contributed by atoms with Crippen LogP contribution < -0.4 is 0 Å². The standard InChI is InChI=1S/C35H38FNO3/c1-33(2,3)22-34(4,5)37-31(39)28-20-27(24-14-10-7-11-15-24)29(30(38)25-16-18-26(36)19-17-25)35(28,32(37)40)21-23-12-8-6-9-13-23/h6-19,27-29H,20-22H2,1-5H3/t27-,28-,29+,35+/m1/s1. The SMILES string of the molecule is CC(C)(C)CC(C)(C)N1C(=O)[C@H]2C[C@H](c3ccccc3)[C@@H](C(=O)c3ccc(F)cc3)[C@@]2(Cc2ccccc2)C1=O. The smallest absolute Gasteiger partial charge is 0.237 e. The van der Waals surface area contributed by atoms with Crippen LogP contribution in [0.2, 0.25) is 0 Å². The average Bonchev–Trinajstić information content (AvgIpc) is 3.33. The highest BCUT2D eigenvalue weighted by Gasteiger charge is 2.71. The molecule has 0 unspecified atom stereocenters. The van der Waals surface area contributed by atoms with Gasteiger partial charge in [0.2, 0.25) is 11.8 Å². The number of Topliss-reactive ketones (excluding diaryl/α,β-unsaturated/α-hetero) is 1. The normalized spacial score (nSPS) is 24.9. The summed E-state index contributed by atoms with van der Waals surface area (Å²) in [6, 6.07) is 24.9. The van der Waals surface area contributed by atoms with Crippen LogP contribution in [0.25, 0.3) is 0 Å². The fourth-order valence-electron chi connectivity index (χ4n) is 7.67. The van der Waals surface area contributed by atoms with Gasteiger partial charge in [-0.15, -0.1) is 0 Å². The van der Waals surface area contributed by atoms with Crippen molar-refractivity contribution in [3.05, 3.63) is 107 Å². The molecule has 2 fully saturated rings. The van der Waals surface area contributed by atoms with E-state index in [1.807, 2.05) is 74.5 Å². The number of hydrogen-bond acceptors (Lipinski definition) is 3. The third-order valence-corrected chi connectivity index (χ3v) is 8.74. The molecule has 208 valence electrons. The maximum atomic E-state index is 14.9. The van der Waals surface area contributed by atoms with Gasteiger partial charge in [0.25, 0.3) is 0 Å². The molecule has 4 atom stereocenters. The van der Waals surface area contributed by atoms with Crippen molar-refractivity contribution in [3.63, 3.8) is 0 Å². The molecule has 3 aromatic carbocycles. The molecule has 2 amide bonds. The summed E-state index contributed by atoms with van der Waals surface area (Å²) in [5.74, 6) is -2.85. The van der Waals surface area contributed by atoms with E-state index in [1.54, 1.807) is 0 Å². The fourth-order valence-corrected chi connectivity index (χ4v) is 7.67. The van der Waals surface area contributed by atoms with Gasteiger partial charge in [-0.05, 0) is 79.8 Å². The van der Waals surface area contributed by atoms with Crippen molar-refractivity contribution < 1.29 is 18.8 Å². The average molecular weight is 540 g/mol. The highest BCUT2D eigenvalue weighted by atomic mass is 19.1. The van der Waals surface area contributed by atoms with E-state index in [9.17, 15) is 18.8 Å². The Morgan fingerprint density at radius 2 is 1.45 bits per heavy atom. The van der Waals surface area contributed by atoms with Crippen molar-refractivity contribution >= 4 is 17.6 Å². The molecular formula is C35H38FNO3. The van der Waals surface area contributed by atoms with Crippen molar-refractivity contribution in [3.8, 4) is 0 Å². The van der Waals surface area contributed by atoms with E-state index in [-0.39, 0.29) is 35.4 Å². The molecule has 0 spiro atoms. The maximum Gasteiger partial charge on any atom is 0.237 e. The van der Waals surface area contributed by atoms with E-state index >= 15 is 0 Å². The number of ketones is 1. The van der Waals surface area contributed by atoms with E-state index in [2.05, 4.69) is 20.8 Å². The summed E-state index contributed by atoms with van der Waals surface area (Å²) in [5.41, 5.74) is 0.101. The van der Waals surface area contributed by atoms with Crippen LogP contribution in [0.15, 0.2) is 84.9 Å². The zero-order valence-electron chi connectivity index (χ0n) is 24.0. The maximum absolute atomic E-state index is 14.9. The molecule has 2 aliphatic rings. The molecule has 40 heavy (non-hydrogen) atoms. The molecule has 0 radical (unpaired) electrons. The first-order valence-corrected chi connectivity index (χ1v) is 14.1. The molecule has 1 aliphatic heterocycles. The molecule has 0 N–H and O–H groups in total. The molecule has 1 heterocycles. The van der Waals surface area contributed by atoms with Crippen molar-refractivity contribution in [2.45, 2.75) is 65.3 Å². The second-order valence-electron chi connectivity index (χ2n) is 13.4. The lowest BCUT2D eigenvalue weighted by Crippen LogP contribution is -2.53. The predicted molar refractivity (Wildman–Crippen MR) is 154 cm³/mol. The lowest BCUT2D eigenvalue weighted by molar-refractivity contribution is -0.150. The van der Waals surface area contributed by atoms with Crippen molar-refractivity contribution in [2.24, 2.45) is 22.7 Å². The van der Waals surface area contributed by atoms with E-state index in [4.69, 9.17) is 0 Å². The first-order valence-electron chi connectivity index (χ1n) is 14.1. The molecule has 1 saturated carbocycles. The van der Waals surface area contributed by atoms with E-state index in [1.165, 1.54) is 29.2 Å². The second-order valence-corrected chi connectivity index (χ2v) is 13.4. The summed E-state index contributed by atoms with van der Waals surface area (Å²) in [5, 5.41) is 0. The van der Waals surface area contributed by atoms with Crippen LogP contribution in [0.5, 0.6) is 0 Å². The van der Waals surface area contributed by atoms with Gasteiger partial charge in [0.05, 0.1) is 11.3 Å². The quantitative estimate of drug-likeness (QED) is 0.235. The molecule has 5 rings (SSSR count). The van der Waals surface area contributed by atoms with Crippen LogP contribution in [-0.4, -0.2) is 28.0 Å². The number of hydrogen-bond donors (Lipinski definition) is 0. The van der Waals surface area contributed by atoms with Gasteiger partial charge < -0.3 is 0 Å². The van der Waals surface area contributed by atoms with Gasteiger partial charge >= 0.3 is 0 Å². The summed E-state index contributed by atoms with van der Waals surface area (Å²) in [4.78, 5) is 45.3. The molecular weight excluding hydrogens is 501 g/mol. The van der Waals surface area contributed by atoms with Gasteiger partial charge in [-0.3, -0.25) is 19.3 Å². The number of halogens is 1. The minimum Gasteiger partial charge on any atom is -0.294 e. The molecule has 3 aromatic rings. The van der Waals surface area contributed by atoms with Gasteiger partial charge in [-0.2, -0.15) is 0 Å². The summed E-state index contributed by atoms with van der Waals surface area (Å²) in [7, 11) is 0. The summed E-state index contributed by atoms with van der Waals surface area (Å²) >= 11 is 0. The molecule has 5 heteroatoms. The number of nitrogens with zero attached hydrogens (tertiary/aromatic N) is 1. The number of benzene rings is 3. The Balaban J connectivity index is 1.71. The van der Waals surface area contributed by atoms with Gasteiger partial charge in [0, 0.05) is 17.0 Å². The van der Waals surface area contributed by atoms with Gasteiger partial charge in [0.15, 0.2) is 5.78 Å². The zero-order chi connectivity index (χ0) is 28.9. The second kappa shape index (κ2) is 10.1. The van der Waals surface area contributed by atoms with Gasteiger partial charge in [-0.25, -0.2) is 4.39 Å². The summed E-state index contributed by atoms with van der Waals surface area (Å²) in [6.07, 6.45) is 1.32. The largest absolute Gasteiger partial charge is 0.294 e. The van der Waals surface area contributed by atoms with Crippen LogP contribution in [0.1, 0.15) is 74.9 Å². The molecule has 0 bridgehead atoms. The van der Waals surface area contributed by atoms with Gasteiger partial charge in [-0.1, -0.05) is 81.4 Å². The molecule has 4 nitrogen and oxygen atoms in total. The van der Waals surface area contributed by atoms with E-state index in [0.29, 0.717) is 18.4 Å². The number of rotatable bonds is 7.